The number of ether oxygens (including phenoxy) is 2. The first-order valence-electron chi connectivity index (χ1n) is 11.5. The minimum atomic E-state index is -4.86. The number of nitrogens with one attached hydrogen (secondary N) is 2. The molecule has 8 nitrogen and oxygen atoms in total. The van der Waals surface area contributed by atoms with Crippen LogP contribution >= 0.6 is 11.6 Å². The number of anilines is 1. The maximum absolute atomic E-state index is 13.2. The molecule has 200 valence electrons. The third-order valence-electron chi connectivity index (χ3n) is 5.38. The number of imidazole rings is 1. The molecule has 1 heterocycles. The number of hydrogen-bond acceptors (Lipinski definition) is 6. The Hall–Kier alpha value is -3.44. The van der Waals surface area contributed by atoms with Gasteiger partial charge in [-0.05, 0) is 42.2 Å². The van der Waals surface area contributed by atoms with E-state index in [1.807, 2.05) is 13.8 Å². The lowest BCUT2D eigenvalue weighted by molar-refractivity contribution is -0.274. The molecule has 3 rings (SSSR count). The van der Waals surface area contributed by atoms with Gasteiger partial charge >= 0.3 is 12.4 Å². The van der Waals surface area contributed by atoms with Crippen LogP contribution in [0.3, 0.4) is 0 Å². The molecule has 3 N–H and O–H groups in total. The van der Waals surface area contributed by atoms with E-state index < -0.39 is 24.1 Å². The van der Waals surface area contributed by atoms with Crippen LogP contribution in [0.1, 0.15) is 36.3 Å². The van der Waals surface area contributed by atoms with E-state index >= 15 is 0 Å². The van der Waals surface area contributed by atoms with Crippen molar-refractivity contribution in [1.82, 2.24) is 14.9 Å². The summed E-state index contributed by atoms with van der Waals surface area (Å²) in [5.74, 6) is -0.660. The third-order valence-corrected chi connectivity index (χ3v) is 5.63. The van der Waals surface area contributed by atoms with Crippen molar-refractivity contribution >= 4 is 23.3 Å². The van der Waals surface area contributed by atoms with Gasteiger partial charge in [0.05, 0.1) is 12.6 Å². The molecule has 0 aliphatic heterocycles. The van der Waals surface area contributed by atoms with Gasteiger partial charge in [0.2, 0.25) is 0 Å². The van der Waals surface area contributed by atoms with E-state index in [0.717, 1.165) is 17.7 Å². The highest BCUT2D eigenvalue weighted by atomic mass is 35.5. The van der Waals surface area contributed by atoms with Gasteiger partial charge in [-0.2, -0.15) is 4.98 Å². The molecule has 1 aromatic heterocycles. The van der Waals surface area contributed by atoms with Crippen LogP contribution in [0, 0.1) is 5.92 Å². The fourth-order valence-electron chi connectivity index (χ4n) is 3.42. The summed E-state index contributed by atoms with van der Waals surface area (Å²) in [7, 11) is 1.58. The predicted molar refractivity (Wildman–Crippen MR) is 133 cm³/mol. The zero-order chi connectivity index (χ0) is 27.2. The molecule has 0 aliphatic rings. The van der Waals surface area contributed by atoms with Gasteiger partial charge < -0.3 is 25.2 Å². The Labute approximate surface area is 217 Å². The summed E-state index contributed by atoms with van der Waals surface area (Å²) in [6.07, 6.45) is -5.08. The maximum atomic E-state index is 13.2. The molecule has 0 radical (unpaired) electrons. The average Bonchev–Trinajstić information content (AvgIpc) is 3.16. The molecule has 0 bridgehead atoms. The molecule has 12 heteroatoms. The average molecular weight is 541 g/mol. The number of rotatable bonds is 11. The molecule has 1 amide bonds. The molecule has 0 spiro atoms. The SMILES string of the molecule is CNc1nc(Oc2cccc(OC(F)(F)F)c2)n(Cc2ccc(Cl)cc2)c1C(=O)NCCC(O)C(C)C. The summed E-state index contributed by atoms with van der Waals surface area (Å²) in [6.45, 7) is 4.13. The Kier molecular flexibility index (Phi) is 9.28. The first kappa shape index (κ1) is 28.1. The highest BCUT2D eigenvalue weighted by molar-refractivity contribution is 6.30. The fraction of sp³-hybridized carbons (Fsp3) is 0.360. The maximum Gasteiger partial charge on any atom is 0.573 e. The number of aliphatic hydroxyl groups is 1. The minimum absolute atomic E-state index is 0.0266. The fourth-order valence-corrected chi connectivity index (χ4v) is 3.55. The van der Waals surface area contributed by atoms with E-state index in [4.69, 9.17) is 16.3 Å². The number of aromatic nitrogens is 2. The normalized spacial score (nSPS) is 12.4. The van der Waals surface area contributed by atoms with E-state index in [2.05, 4.69) is 20.4 Å². The second-order valence-corrected chi connectivity index (χ2v) is 8.97. The molecule has 0 saturated heterocycles. The number of halogens is 4. The Balaban J connectivity index is 1.95. The summed E-state index contributed by atoms with van der Waals surface area (Å²) in [4.78, 5) is 17.6. The Morgan fingerprint density at radius 2 is 1.84 bits per heavy atom. The van der Waals surface area contributed by atoms with Crippen molar-refractivity contribution in [3.05, 3.63) is 64.8 Å². The largest absolute Gasteiger partial charge is 0.573 e. The van der Waals surface area contributed by atoms with Crippen molar-refractivity contribution < 1.29 is 32.5 Å². The van der Waals surface area contributed by atoms with Gasteiger partial charge in [0.1, 0.15) is 11.5 Å². The summed E-state index contributed by atoms with van der Waals surface area (Å²) in [6, 6.07) is 11.9. The standard InChI is InChI=1S/C25H28ClF3N4O4/c1-15(2)20(34)11-12-31-23(35)21-22(30-3)32-24(33(21)14-16-7-9-17(26)10-8-16)36-18-5-4-6-19(13-18)37-25(27,28)29/h4-10,13,15,20,30,34H,11-12,14H2,1-3H3,(H,31,35). The first-order valence-corrected chi connectivity index (χ1v) is 11.9. The second kappa shape index (κ2) is 12.2. The van der Waals surface area contributed by atoms with E-state index in [0.29, 0.717) is 11.4 Å². The Morgan fingerprint density at radius 3 is 2.46 bits per heavy atom. The van der Waals surface area contributed by atoms with Crippen LogP contribution in [-0.4, -0.2) is 46.6 Å². The van der Waals surface area contributed by atoms with Crippen LogP contribution in [0.15, 0.2) is 48.5 Å². The zero-order valence-corrected chi connectivity index (χ0v) is 21.2. The van der Waals surface area contributed by atoms with Crippen LogP contribution in [0.5, 0.6) is 17.5 Å². The van der Waals surface area contributed by atoms with E-state index in [-0.39, 0.29) is 42.3 Å². The van der Waals surface area contributed by atoms with Crippen molar-refractivity contribution in [3.63, 3.8) is 0 Å². The van der Waals surface area contributed by atoms with E-state index in [1.165, 1.54) is 16.7 Å². The number of aliphatic hydroxyl groups excluding tert-OH is 1. The van der Waals surface area contributed by atoms with Crippen LogP contribution in [-0.2, 0) is 6.54 Å². The summed E-state index contributed by atoms with van der Waals surface area (Å²) in [5.41, 5.74) is 0.918. The topological polar surface area (TPSA) is 97.6 Å². The van der Waals surface area contributed by atoms with Gasteiger partial charge in [0.25, 0.3) is 5.91 Å². The number of hydrogen-bond donors (Lipinski definition) is 3. The zero-order valence-electron chi connectivity index (χ0n) is 20.5. The molecule has 0 fully saturated rings. The third kappa shape index (κ3) is 8.02. The lowest BCUT2D eigenvalue weighted by atomic mass is 10.0. The molecule has 3 aromatic rings. The van der Waals surface area contributed by atoms with Gasteiger partial charge in [-0.15, -0.1) is 13.2 Å². The molecule has 0 aliphatic carbocycles. The van der Waals surface area contributed by atoms with Gasteiger partial charge in [-0.25, -0.2) is 0 Å². The van der Waals surface area contributed by atoms with Gasteiger partial charge in [0, 0.05) is 24.7 Å². The summed E-state index contributed by atoms with van der Waals surface area (Å²) < 4.78 is 49.3. The predicted octanol–water partition coefficient (Wildman–Crippen LogP) is 5.45. The smallest absolute Gasteiger partial charge is 0.425 e. The van der Waals surface area contributed by atoms with Gasteiger partial charge in [-0.1, -0.05) is 43.6 Å². The minimum Gasteiger partial charge on any atom is -0.425 e. The number of nitrogens with zero attached hydrogens (tertiary/aromatic N) is 2. The lowest BCUT2D eigenvalue weighted by Crippen LogP contribution is -2.30. The Morgan fingerprint density at radius 1 is 1.16 bits per heavy atom. The molecular formula is C25H28ClF3N4O4. The molecule has 1 unspecified atom stereocenters. The highest BCUT2D eigenvalue weighted by Crippen LogP contribution is 2.31. The first-order chi connectivity index (χ1) is 17.5. The van der Waals surface area contributed by atoms with Gasteiger partial charge in [-0.3, -0.25) is 9.36 Å². The van der Waals surface area contributed by atoms with E-state index in [9.17, 15) is 23.1 Å². The van der Waals surface area contributed by atoms with Crippen molar-refractivity contribution in [3.8, 4) is 17.5 Å². The summed E-state index contributed by atoms with van der Waals surface area (Å²) >= 11 is 6.00. The lowest BCUT2D eigenvalue weighted by Gasteiger charge is -2.16. The van der Waals surface area contributed by atoms with Gasteiger partial charge in [0.15, 0.2) is 11.5 Å². The summed E-state index contributed by atoms with van der Waals surface area (Å²) in [5, 5.41) is 16.2. The van der Waals surface area contributed by atoms with Crippen LogP contribution in [0.2, 0.25) is 5.02 Å². The highest BCUT2D eigenvalue weighted by Gasteiger charge is 2.31. The van der Waals surface area contributed by atoms with Crippen LogP contribution in [0.25, 0.3) is 0 Å². The van der Waals surface area contributed by atoms with Crippen LogP contribution < -0.4 is 20.1 Å². The molecule has 1 atom stereocenters. The molecule has 2 aromatic carbocycles. The monoisotopic (exact) mass is 540 g/mol. The van der Waals surface area contributed by atoms with Crippen molar-refractivity contribution in [1.29, 1.82) is 0 Å². The molecule has 0 saturated carbocycles. The number of carbonyl (C=O) groups is 1. The van der Waals surface area contributed by atoms with Crippen molar-refractivity contribution in [2.75, 3.05) is 18.9 Å². The van der Waals surface area contributed by atoms with Crippen LogP contribution in [0.4, 0.5) is 19.0 Å². The molecular weight excluding hydrogens is 513 g/mol. The molecule has 37 heavy (non-hydrogen) atoms. The number of benzene rings is 2. The second-order valence-electron chi connectivity index (χ2n) is 8.53. The van der Waals surface area contributed by atoms with E-state index in [1.54, 1.807) is 31.3 Å². The Bertz CT molecular complexity index is 1200. The number of amides is 1. The van der Waals surface area contributed by atoms with Crippen molar-refractivity contribution in [2.24, 2.45) is 5.92 Å². The number of carbonyl (C=O) groups excluding carboxylic acids is 1. The quantitative estimate of drug-likeness (QED) is 0.299. The van der Waals surface area contributed by atoms with Crippen molar-refractivity contribution in [2.45, 2.75) is 39.3 Å². The number of alkyl halides is 3.